The fourth-order valence-electron chi connectivity index (χ4n) is 3.37. The first-order valence-corrected chi connectivity index (χ1v) is 9.41. The first kappa shape index (κ1) is 18.7. The predicted molar refractivity (Wildman–Crippen MR) is 106 cm³/mol. The Kier molecular flexibility index (Phi) is 6.16. The highest BCUT2D eigenvalue weighted by molar-refractivity contribution is 9.10. The Morgan fingerprint density at radius 2 is 1.92 bits per heavy atom. The van der Waals surface area contributed by atoms with Crippen molar-refractivity contribution < 1.29 is 14.3 Å². The highest BCUT2D eigenvalue weighted by atomic mass is 79.9. The van der Waals surface area contributed by atoms with Gasteiger partial charge in [0.1, 0.15) is 11.5 Å². The molecule has 6 heteroatoms. The molecule has 5 nitrogen and oxygen atoms in total. The van der Waals surface area contributed by atoms with Crippen molar-refractivity contribution in [3.8, 4) is 11.5 Å². The van der Waals surface area contributed by atoms with Crippen LogP contribution >= 0.6 is 15.9 Å². The Labute approximate surface area is 162 Å². The summed E-state index contributed by atoms with van der Waals surface area (Å²) in [6, 6.07) is 13.9. The maximum Gasteiger partial charge on any atom is 0.238 e. The zero-order valence-corrected chi connectivity index (χ0v) is 16.6. The van der Waals surface area contributed by atoms with Crippen molar-refractivity contribution in [2.45, 2.75) is 18.9 Å². The van der Waals surface area contributed by atoms with E-state index in [9.17, 15) is 4.79 Å². The number of hydrogen-bond acceptors (Lipinski definition) is 4. The van der Waals surface area contributed by atoms with Crippen LogP contribution in [0.25, 0.3) is 0 Å². The van der Waals surface area contributed by atoms with Gasteiger partial charge in [-0.15, -0.1) is 0 Å². The minimum atomic E-state index is -0.0396. The number of ether oxygens (including phenoxy) is 2. The summed E-state index contributed by atoms with van der Waals surface area (Å²) in [5.74, 6) is 1.25. The first-order valence-electron chi connectivity index (χ1n) is 8.61. The minimum absolute atomic E-state index is 0.0396. The number of nitrogens with zero attached hydrogens (tertiary/aromatic N) is 1. The van der Waals surface area contributed by atoms with Gasteiger partial charge in [-0.2, -0.15) is 0 Å². The van der Waals surface area contributed by atoms with Crippen LogP contribution in [0.4, 0.5) is 5.69 Å². The summed E-state index contributed by atoms with van der Waals surface area (Å²) in [5.41, 5.74) is 1.91. The second-order valence-corrected chi connectivity index (χ2v) is 7.25. The predicted octanol–water partition coefficient (Wildman–Crippen LogP) is 4.24. The number of amides is 1. The number of benzene rings is 2. The largest absolute Gasteiger partial charge is 0.497 e. The number of carbonyl (C=O) groups is 1. The maximum absolute atomic E-state index is 12.6. The molecule has 1 aliphatic heterocycles. The van der Waals surface area contributed by atoms with Crippen LogP contribution in [-0.4, -0.2) is 38.1 Å². The van der Waals surface area contributed by atoms with Gasteiger partial charge in [-0.25, -0.2) is 0 Å². The van der Waals surface area contributed by atoms with Crippen molar-refractivity contribution in [3.63, 3.8) is 0 Å². The Bertz CT molecular complexity index is 759. The Morgan fingerprint density at radius 3 is 2.58 bits per heavy atom. The van der Waals surface area contributed by atoms with Crippen molar-refractivity contribution in [3.05, 3.63) is 52.5 Å². The molecule has 26 heavy (non-hydrogen) atoms. The molecule has 0 saturated carbocycles. The summed E-state index contributed by atoms with van der Waals surface area (Å²) >= 11 is 3.53. The standard InChI is InChI=1S/C20H23BrN2O3/c1-25-17-10-16(11-18(12-17)26-2)22-20(24)13-23-8-4-7-19(23)14-5-3-6-15(21)9-14/h3,5-6,9-12,19H,4,7-8,13H2,1-2H3,(H,22,24). The lowest BCUT2D eigenvalue weighted by Gasteiger charge is -2.24. The number of methoxy groups -OCH3 is 2. The van der Waals surface area contributed by atoms with Gasteiger partial charge >= 0.3 is 0 Å². The molecule has 2 aromatic rings. The summed E-state index contributed by atoms with van der Waals surface area (Å²) in [6.07, 6.45) is 2.16. The van der Waals surface area contributed by atoms with Crippen LogP contribution in [0.15, 0.2) is 46.9 Å². The van der Waals surface area contributed by atoms with Gasteiger partial charge in [0, 0.05) is 34.4 Å². The summed E-state index contributed by atoms with van der Waals surface area (Å²) in [5, 5.41) is 2.95. The Hall–Kier alpha value is -2.05. The molecule has 0 bridgehead atoms. The molecular formula is C20H23BrN2O3. The molecule has 0 aliphatic carbocycles. The van der Waals surface area contributed by atoms with Gasteiger partial charge in [0.05, 0.1) is 20.8 Å². The van der Waals surface area contributed by atoms with Crippen molar-refractivity contribution in [2.75, 3.05) is 32.6 Å². The van der Waals surface area contributed by atoms with Gasteiger partial charge in [-0.05, 0) is 37.1 Å². The van der Waals surface area contributed by atoms with E-state index < -0.39 is 0 Å². The topological polar surface area (TPSA) is 50.8 Å². The number of anilines is 1. The molecule has 2 aromatic carbocycles. The molecule has 1 heterocycles. The molecule has 0 radical (unpaired) electrons. The smallest absolute Gasteiger partial charge is 0.238 e. The van der Waals surface area contributed by atoms with E-state index in [0.717, 1.165) is 23.9 Å². The van der Waals surface area contributed by atoms with Crippen LogP contribution in [-0.2, 0) is 4.79 Å². The zero-order chi connectivity index (χ0) is 18.5. The molecule has 1 atom stereocenters. The van der Waals surface area contributed by atoms with Crippen LogP contribution in [0.5, 0.6) is 11.5 Å². The lowest BCUT2D eigenvalue weighted by atomic mass is 10.0. The van der Waals surface area contributed by atoms with Gasteiger partial charge < -0.3 is 14.8 Å². The van der Waals surface area contributed by atoms with Crippen molar-refractivity contribution in [2.24, 2.45) is 0 Å². The lowest BCUT2D eigenvalue weighted by molar-refractivity contribution is -0.117. The fourth-order valence-corrected chi connectivity index (χ4v) is 3.79. The molecule has 1 fully saturated rings. The number of nitrogens with one attached hydrogen (secondary N) is 1. The van der Waals surface area contributed by atoms with Gasteiger partial charge in [-0.1, -0.05) is 28.1 Å². The van der Waals surface area contributed by atoms with E-state index in [0.29, 0.717) is 23.7 Å². The maximum atomic E-state index is 12.6. The fraction of sp³-hybridized carbons (Fsp3) is 0.350. The Balaban J connectivity index is 1.67. The molecule has 1 unspecified atom stereocenters. The molecule has 1 saturated heterocycles. The number of likely N-dealkylation sites (tertiary alicyclic amines) is 1. The van der Waals surface area contributed by atoms with Crippen LogP contribution < -0.4 is 14.8 Å². The van der Waals surface area contributed by atoms with E-state index in [1.165, 1.54) is 5.56 Å². The highest BCUT2D eigenvalue weighted by Gasteiger charge is 2.27. The van der Waals surface area contributed by atoms with Gasteiger partial charge in [0.15, 0.2) is 0 Å². The van der Waals surface area contributed by atoms with Crippen molar-refractivity contribution >= 4 is 27.5 Å². The number of rotatable bonds is 6. The molecular weight excluding hydrogens is 396 g/mol. The number of halogens is 1. The van der Waals surface area contributed by atoms with Gasteiger partial charge in [-0.3, -0.25) is 9.69 Å². The SMILES string of the molecule is COc1cc(NC(=O)CN2CCCC2c2cccc(Br)c2)cc(OC)c1. The Morgan fingerprint density at radius 1 is 1.19 bits per heavy atom. The van der Waals surface area contributed by atoms with Crippen LogP contribution in [0.2, 0.25) is 0 Å². The molecule has 1 amide bonds. The van der Waals surface area contributed by atoms with E-state index in [-0.39, 0.29) is 11.9 Å². The van der Waals surface area contributed by atoms with Crippen LogP contribution in [0.3, 0.4) is 0 Å². The lowest BCUT2D eigenvalue weighted by Crippen LogP contribution is -2.32. The quantitative estimate of drug-likeness (QED) is 0.761. The minimum Gasteiger partial charge on any atom is -0.497 e. The molecule has 3 rings (SSSR count). The van der Waals surface area contributed by atoms with E-state index in [1.54, 1.807) is 32.4 Å². The number of hydrogen-bond donors (Lipinski definition) is 1. The van der Waals surface area contributed by atoms with E-state index in [4.69, 9.17) is 9.47 Å². The van der Waals surface area contributed by atoms with Gasteiger partial charge in [0.2, 0.25) is 5.91 Å². The third-order valence-corrected chi connectivity index (χ3v) is 5.07. The summed E-state index contributed by atoms with van der Waals surface area (Å²) in [4.78, 5) is 14.8. The molecule has 1 aliphatic rings. The monoisotopic (exact) mass is 418 g/mol. The van der Waals surface area contributed by atoms with E-state index in [1.807, 2.05) is 12.1 Å². The average Bonchev–Trinajstić information content (AvgIpc) is 3.09. The summed E-state index contributed by atoms with van der Waals surface area (Å²) in [7, 11) is 3.18. The summed E-state index contributed by atoms with van der Waals surface area (Å²) < 4.78 is 11.6. The third-order valence-electron chi connectivity index (χ3n) is 4.58. The van der Waals surface area contributed by atoms with Crippen molar-refractivity contribution in [1.82, 2.24) is 4.90 Å². The van der Waals surface area contributed by atoms with E-state index >= 15 is 0 Å². The van der Waals surface area contributed by atoms with Crippen molar-refractivity contribution in [1.29, 1.82) is 0 Å². The second-order valence-electron chi connectivity index (χ2n) is 6.33. The first-order chi connectivity index (χ1) is 12.6. The summed E-state index contributed by atoms with van der Waals surface area (Å²) in [6.45, 7) is 1.28. The van der Waals surface area contributed by atoms with E-state index in [2.05, 4.69) is 38.3 Å². The highest BCUT2D eigenvalue weighted by Crippen LogP contribution is 2.33. The third kappa shape index (κ3) is 4.56. The van der Waals surface area contributed by atoms with Crippen LogP contribution in [0, 0.1) is 0 Å². The average molecular weight is 419 g/mol. The molecule has 138 valence electrons. The number of carbonyl (C=O) groups excluding carboxylic acids is 1. The molecule has 1 N–H and O–H groups in total. The molecule has 0 spiro atoms. The molecule has 0 aromatic heterocycles. The second kappa shape index (κ2) is 8.56. The van der Waals surface area contributed by atoms with Gasteiger partial charge in [0.25, 0.3) is 0 Å². The zero-order valence-electron chi connectivity index (χ0n) is 15.0. The normalized spacial score (nSPS) is 17.1. The van der Waals surface area contributed by atoms with Crippen LogP contribution in [0.1, 0.15) is 24.4 Å².